The molecule has 1 saturated carbocycles. The van der Waals surface area contributed by atoms with Gasteiger partial charge in [0.15, 0.2) is 0 Å². The Balaban J connectivity index is 1.82. The predicted molar refractivity (Wildman–Crippen MR) is 86.4 cm³/mol. The van der Waals surface area contributed by atoms with Gasteiger partial charge in [-0.25, -0.2) is 4.79 Å². The van der Waals surface area contributed by atoms with E-state index in [1.165, 1.54) is 39.2 Å². The van der Waals surface area contributed by atoms with E-state index in [4.69, 9.17) is 5.73 Å². The van der Waals surface area contributed by atoms with Crippen molar-refractivity contribution in [2.45, 2.75) is 39.0 Å². The number of methoxy groups -OCH3 is 1. The summed E-state index contributed by atoms with van der Waals surface area (Å²) in [6.45, 7) is 3.28. The molecule has 1 aliphatic carbocycles. The minimum absolute atomic E-state index is 0.357. The van der Waals surface area contributed by atoms with E-state index in [0.717, 1.165) is 24.1 Å². The number of benzene rings is 1. The van der Waals surface area contributed by atoms with Gasteiger partial charge in [-0.15, -0.1) is 0 Å². The molecule has 0 radical (unpaired) electrons. The standard InChI is InChI=1S/C17H26N2O2/c1-12-3-5-13(6-4-12)9-10-19-16-8-7-14(11-15(16)18)17(20)21-2/h7-8,11-13,19H,3-6,9-10,18H2,1-2H3. The van der Waals surface area contributed by atoms with E-state index in [1.54, 1.807) is 12.1 Å². The second kappa shape index (κ2) is 7.34. The number of nitrogens with two attached hydrogens (primary N) is 1. The zero-order chi connectivity index (χ0) is 15.2. The van der Waals surface area contributed by atoms with Crippen molar-refractivity contribution >= 4 is 17.3 Å². The fourth-order valence-corrected chi connectivity index (χ4v) is 3.00. The number of rotatable bonds is 5. The number of hydrogen-bond acceptors (Lipinski definition) is 4. The predicted octanol–water partition coefficient (Wildman–Crippen LogP) is 3.68. The van der Waals surface area contributed by atoms with Crippen LogP contribution in [0.25, 0.3) is 0 Å². The number of ether oxygens (including phenoxy) is 1. The van der Waals surface area contributed by atoms with Crippen LogP contribution >= 0.6 is 0 Å². The highest BCUT2D eigenvalue weighted by Gasteiger charge is 2.17. The van der Waals surface area contributed by atoms with Crippen molar-refractivity contribution in [2.24, 2.45) is 11.8 Å². The van der Waals surface area contributed by atoms with Crippen LogP contribution in [-0.4, -0.2) is 19.6 Å². The lowest BCUT2D eigenvalue weighted by Crippen LogP contribution is -2.16. The summed E-state index contributed by atoms with van der Waals surface area (Å²) in [5.41, 5.74) is 7.96. The average Bonchev–Trinajstić information content (AvgIpc) is 2.50. The van der Waals surface area contributed by atoms with Gasteiger partial charge in [0.1, 0.15) is 0 Å². The monoisotopic (exact) mass is 290 g/mol. The van der Waals surface area contributed by atoms with Crippen LogP contribution in [0.15, 0.2) is 18.2 Å². The molecule has 3 N–H and O–H groups in total. The summed E-state index contributed by atoms with van der Waals surface area (Å²) in [5, 5.41) is 3.38. The first kappa shape index (κ1) is 15.7. The molecular weight excluding hydrogens is 264 g/mol. The molecule has 0 aliphatic heterocycles. The Bertz CT molecular complexity index is 480. The molecule has 0 amide bonds. The average molecular weight is 290 g/mol. The molecule has 0 saturated heterocycles. The zero-order valence-corrected chi connectivity index (χ0v) is 13.0. The molecular formula is C17H26N2O2. The SMILES string of the molecule is COC(=O)c1ccc(NCCC2CCC(C)CC2)c(N)c1. The number of anilines is 2. The molecule has 116 valence electrons. The largest absolute Gasteiger partial charge is 0.465 e. The van der Waals surface area contributed by atoms with Crippen molar-refractivity contribution in [3.05, 3.63) is 23.8 Å². The van der Waals surface area contributed by atoms with Crippen LogP contribution in [0.1, 0.15) is 49.4 Å². The van der Waals surface area contributed by atoms with Crippen molar-refractivity contribution in [1.29, 1.82) is 0 Å². The fraction of sp³-hybridized carbons (Fsp3) is 0.588. The summed E-state index contributed by atoms with van der Waals surface area (Å²) in [6.07, 6.45) is 6.60. The lowest BCUT2D eigenvalue weighted by molar-refractivity contribution is 0.0601. The van der Waals surface area contributed by atoms with Crippen LogP contribution in [0.4, 0.5) is 11.4 Å². The summed E-state index contributed by atoms with van der Waals surface area (Å²) >= 11 is 0. The number of esters is 1. The van der Waals surface area contributed by atoms with Gasteiger partial charge in [0.25, 0.3) is 0 Å². The third kappa shape index (κ3) is 4.38. The molecule has 0 spiro atoms. The second-order valence-electron chi connectivity index (χ2n) is 6.13. The lowest BCUT2D eigenvalue weighted by atomic mass is 9.81. The fourth-order valence-electron chi connectivity index (χ4n) is 3.00. The molecule has 1 aliphatic rings. The van der Waals surface area contributed by atoms with Gasteiger partial charge in [-0.05, 0) is 36.5 Å². The van der Waals surface area contributed by atoms with Gasteiger partial charge in [-0.1, -0.05) is 32.6 Å². The number of hydrogen-bond donors (Lipinski definition) is 2. The molecule has 0 aromatic heterocycles. The Morgan fingerprint density at radius 1 is 1.33 bits per heavy atom. The number of nitrogens with one attached hydrogen (secondary N) is 1. The van der Waals surface area contributed by atoms with E-state index in [2.05, 4.69) is 17.0 Å². The Morgan fingerprint density at radius 2 is 2.05 bits per heavy atom. The van der Waals surface area contributed by atoms with E-state index in [1.807, 2.05) is 6.07 Å². The highest BCUT2D eigenvalue weighted by Crippen LogP contribution is 2.30. The molecule has 4 heteroatoms. The normalized spacial score (nSPS) is 21.8. The van der Waals surface area contributed by atoms with E-state index < -0.39 is 0 Å². The summed E-state index contributed by atoms with van der Waals surface area (Å²) in [5.74, 6) is 1.38. The van der Waals surface area contributed by atoms with Crippen molar-refractivity contribution in [3.8, 4) is 0 Å². The molecule has 0 unspecified atom stereocenters. The first-order valence-corrected chi connectivity index (χ1v) is 7.82. The van der Waals surface area contributed by atoms with Gasteiger partial charge in [-0.2, -0.15) is 0 Å². The number of nitrogen functional groups attached to an aromatic ring is 1. The highest BCUT2D eigenvalue weighted by molar-refractivity contribution is 5.91. The second-order valence-corrected chi connectivity index (χ2v) is 6.13. The molecule has 2 rings (SSSR count). The van der Waals surface area contributed by atoms with Crippen molar-refractivity contribution in [3.63, 3.8) is 0 Å². The number of carbonyl (C=O) groups is 1. The first-order chi connectivity index (χ1) is 10.1. The van der Waals surface area contributed by atoms with Crippen molar-refractivity contribution in [2.75, 3.05) is 24.7 Å². The van der Waals surface area contributed by atoms with Gasteiger partial charge < -0.3 is 15.8 Å². The molecule has 21 heavy (non-hydrogen) atoms. The maximum absolute atomic E-state index is 11.4. The van der Waals surface area contributed by atoms with Crippen molar-refractivity contribution < 1.29 is 9.53 Å². The Labute approximate surface area is 127 Å². The lowest BCUT2D eigenvalue weighted by Gasteiger charge is -2.26. The molecule has 1 aromatic carbocycles. The summed E-state index contributed by atoms with van der Waals surface area (Å²) in [6, 6.07) is 5.26. The van der Waals surface area contributed by atoms with Crippen LogP contribution in [-0.2, 0) is 4.74 Å². The third-order valence-corrected chi connectivity index (χ3v) is 4.48. The maximum atomic E-state index is 11.4. The molecule has 4 nitrogen and oxygen atoms in total. The van der Waals surface area contributed by atoms with Gasteiger partial charge in [0.2, 0.25) is 0 Å². The Morgan fingerprint density at radius 3 is 2.67 bits per heavy atom. The molecule has 0 heterocycles. The Hall–Kier alpha value is -1.71. The van der Waals surface area contributed by atoms with Gasteiger partial charge in [-0.3, -0.25) is 0 Å². The van der Waals surface area contributed by atoms with Crippen LogP contribution in [0.2, 0.25) is 0 Å². The van der Waals surface area contributed by atoms with E-state index in [9.17, 15) is 4.79 Å². The smallest absolute Gasteiger partial charge is 0.337 e. The van der Waals surface area contributed by atoms with E-state index in [-0.39, 0.29) is 5.97 Å². The van der Waals surface area contributed by atoms with E-state index in [0.29, 0.717) is 11.3 Å². The quantitative estimate of drug-likeness (QED) is 0.641. The minimum atomic E-state index is -0.357. The van der Waals surface area contributed by atoms with Crippen LogP contribution < -0.4 is 11.1 Å². The van der Waals surface area contributed by atoms with Crippen LogP contribution in [0.3, 0.4) is 0 Å². The van der Waals surface area contributed by atoms with Crippen LogP contribution in [0.5, 0.6) is 0 Å². The number of carbonyl (C=O) groups excluding carboxylic acids is 1. The molecule has 0 atom stereocenters. The van der Waals surface area contributed by atoms with Gasteiger partial charge in [0, 0.05) is 6.54 Å². The maximum Gasteiger partial charge on any atom is 0.337 e. The van der Waals surface area contributed by atoms with E-state index >= 15 is 0 Å². The minimum Gasteiger partial charge on any atom is -0.465 e. The summed E-state index contributed by atoms with van der Waals surface area (Å²) in [4.78, 5) is 11.4. The molecule has 1 aromatic rings. The molecule has 1 fully saturated rings. The highest BCUT2D eigenvalue weighted by atomic mass is 16.5. The summed E-state index contributed by atoms with van der Waals surface area (Å²) in [7, 11) is 1.37. The third-order valence-electron chi connectivity index (χ3n) is 4.48. The zero-order valence-electron chi connectivity index (χ0n) is 13.0. The topological polar surface area (TPSA) is 64.3 Å². The first-order valence-electron chi connectivity index (χ1n) is 7.82. The van der Waals surface area contributed by atoms with Crippen molar-refractivity contribution in [1.82, 2.24) is 0 Å². The molecule has 0 bridgehead atoms. The Kier molecular flexibility index (Phi) is 5.48. The van der Waals surface area contributed by atoms with Gasteiger partial charge >= 0.3 is 5.97 Å². The van der Waals surface area contributed by atoms with Gasteiger partial charge in [0.05, 0.1) is 24.0 Å². The summed E-state index contributed by atoms with van der Waals surface area (Å²) < 4.78 is 4.69. The van der Waals surface area contributed by atoms with Crippen LogP contribution in [0, 0.1) is 11.8 Å².